The van der Waals surface area contributed by atoms with Gasteiger partial charge in [-0.1, -0.05) is 0 Å². The summed E-state index contributed by atoms with van der Waals surface area (Å²) in [4.78, 5) is 33.4. The molecule has 0 aromatic heterocycles. The van der Waals surface area contributed by atoms with E-state index in [0.29, 0.717) is 0 Å². The Hall–Kier alpha value is -1.00. The van der Waals surface area contributed by atoms with Crippen LogP contribution in [0.25, 0.3) is 0 Å². The minimum absolute atomic E-state index is 0.0526. The van der Waals surface area contributed by atoms with Crippen LogP contribution in [0.4, 0.5) is 0 Å². The number of esters is 2. The molecule has 0 bridgehead atoms. The predicted octanol–water partition coefficient (Wildman–Crippen LogP) is -0.143. The summed E-state index contributed by atoms with van der Waals surface area (Å²) in [5.74, 6) is -3.10. The van der Waals surface area contributed by atoms with E-state index in [9.17, 15) is 14.4 Å². The molecule has 15 heavy (non-hydrogen) atoms. The van der Waals surface area contributed by atoms with Crippen LogP contribution >= 0.6 is 9.47 Å². The van der Waals surface area contributed by atoms with Crippen LogP contribution in [-0.4, -0.2) is 37.0 Å². The van der Waals surface area contributed by atoms with Crippen molar-refractivity contribution in [3.8, 4) is 0 Å². The maximum Gasteiger partial charge on any atom is 0.378 e. The fourth-order valence-corrected chi connectivity index (χ4v) is 0.986. The first-order valence-corrected chi connectivity index (χ1v) is 4.78. The van der Waals surface area contributed by atoms with Gasteiger partial charge in [-0.2, -0.15) is 0 Å². The molecule has 0 aliphatic rings. The van der Waals surface area contributed by atoms with Crippen LogP contribution < -0.4 is 0 Å². The Labute approximate surface area is 89.5 Å². The molecule has 0 N–H and O–H groups in total. The molecule has 0 saturated carbocycles. The van der Waals surface area contributed by atoms with E-state index in [1.807, 2.05) is 0 Å². The fraction of sp³-hybridized carbons (Fsp3) is 0.625. The highest BCUT2D eigenvalue weighted by Crippen LogP contribution is 2.04. The van der Waals surface area contributed by atoms with Crippen LogP contribution in [0.1, 0.15) is 13.8 Å². The van der Waals surface area contributed by atoms with E-state index in [2.05, 4.69) is 14.0 Å². The number of ketones is 1. The van der Waals surface area contributed by atoms with Crippen LogP contribution in [-0.2, 0) is 28.4 Å². The second-order valence-electron chi connectivity index (χ2n) is 2.35. The van der Waals surface area contributed by atoms with E-state index in [1.165, 1.54) is 0 Å². The Morgan fingerprint density at radius 2 is 1.67 bits per heavy atom. The van der Waals surface area contributed by atoms with Crippen LogP contribution in [0.2, 0.25) is 0 Å². The van der Waals surface area contributed by atoms with Crippen molar-refractivity contribution in [2.75, 3.05) is 13.2 Å². The average molecular weight is 236 g/mol. The monoisotopic (exact) mass is 236 g/mol. The maximum atomic E-state index is 11.3. The molecule has 0 rings (SSSR count). The molecule has 6 nitrogen and oxygen atoms in total. The van der Waals surface area contributed by atoms with Crippen LogP contribution in [0.5, 0.6) is 0 Å². The molecule has 0 heterocycles. The molecule has 0 aromatic rings. The van der Waals surface area contributed by atoms with Gasteiger partial charge < -0.3 is 14.0 Å². The molecule has 0 spiro atoms. The highest BCUT2D eigenvalue weighted by molar-refractivity contribution is 7.10. The first-order chi connectivity index (χ1) is 7.08. The number of carbonyl (C=O) groups excluding carboxylic acids is 3. The summed E-state index contributed by atoms with van der Waals surface area (Å²) in [5.41, 5.74) is 0. The van der Waals surface area contributed by atoms with Gasteiger partial charge in [-0.15, -0.1) is 0 Å². The first-order valence-electron chi connectivity index (χ1n) is 4.31. The summed E-state index contributed by atoms with van der Waals surface area (Å²) in [6, 6.07) is 0. The molecule has 0 fully saturated rings. The van der Waals surface area contributed by atoms with Gasteiger partial charge in [-0.3, -0.25) is 4.79 Å². The Morgan fingerprint density at radius 3 is 2.07 bits per heavy atom. The van der Waals surface area contributed by atoms with Crippen molar-refractivity contribution in [1.29, 1.82) is 0 Å². The number of Topliss-reactive ketones (excluding diaryl/α,β-unsaturated/α-hetero) is 1. The lowest BCUT2D eigenvalue weighted by Crippen LogP contribution is -2.38. The lowest BCUT2D eigenvalue weighted by atomic mass is 10.2. The van der Waals surface area contributed by atoms with Gasteiger partial charge in [0.2, 0.25) is 6.10 Å². The van der Waals surface area contributed by atoms with Crippen molar-refractivity contribution < 1.29 is 28.4 Å². The van der Waals surface area contributed by atoms with E-state index in [0.717, 1.165) is 0 Å². The number of carbonyl (C=O) groups is 3. The quantitative estimate of drug-likeness (QED) is 0.276. The molecular weight excluding hydrogens is 223 g/mol. The Balaban J connectivity index is 4.46. The highest BCUT2D eigenvalue weighted by Gasteiger charge is 2.34. The molecule has 0 amide bonds. The van der Waals surface area contributed by atoms with E-state index in [4.69, 9.17) is 0 Å². The third-order valence-corrected chi connectivity index (χ3v) is 1.62. The topological polar surface area (TPSA) is 78.9 Å². The third kappa shape index (κ3) is 4.36. The van der Waals surface area contributed by atoms with E-state index >= 15 is 0 Å². The normalized spacial score (nSPS) is 11.7. The maximum absolute atomic E-state index is 11.3. The minimum Gasteiger partial charge on any atom is -0.464 e. The van der Waals surface area contributed by atoms with Gasteiger partial charge >= 0.3 is 11.9 Å². The van der Waals surface area contributed by atoms with E-state index in [-0.39, 0.29) is 13.2 Å². The third-order valence-electron chi connectivity index (χ3n) is 1.35. The van der Waals surface area contributed by atoms with Gasteiger partial charge in [0.15, 0.2) is 0 Å². The van der Waals surface area contributed by atoms with Gasteiger partial charge in [0.05, 0.1) is 13.2 Å². The minimum atomic E-state index is -1.58. The zero-order valence-corrected chi connectivity index (χ0v) is 9.67. The van der Waals surface area contributed by atoms with Crippen LogP contribution in [0.15, 0.2) is 0 Å². The van der Waals surface area contributed by atoms with Gasteiger partial charge in [-0.25, -0.2) is 9.59 Å². The van der Waals surface area contributed by atoms with Crippen molar-refractivity contribution in [3.63, 3.8) is 0 Å². The lowest BCUT2D eigenvalue weighted by molar-refractivity contribution is -0.164. The molecular formula is C8H13O6P. The largest absolute Gasteiger partial charge is 0.464 e. The standard InChI is InChI=1S/C8H13O6P/c1-3-12-7(10)5(9)6(14-15)8(11)13-4-2/h6H,3-4,15H2,1-2H3. The second kappa shape index (κ2) is 7.31. The van der Waals surface area contributed by atoms with Crippen molar-refractivity contribution in [2.45, 2.75) is 20.0 Å². The van der Waals surface area contributed by atoms with E-state index in [1.54, 1.807) is 23.3 Å². The molecule has 0 saturated heterocycles. The average Bonchev–Trinajstić information content (AvgIpc) is 2.19. The number of hydrogen-bond acceptors (Lipinski definition) is 6. The zero-order valence-electron chi connectivity index (χ0n) is 8.52. The smallest absolute Gasteiger partial charge is 0.378 e. The SMILES string of the molecule is CCOC(=O)C(=O)C(OP)C(=O)OCC. The van der Waals surface area contributed by atoms with Gasteiger partial charge in [0.1, 0.15) is 0 Å². The molecule has 7 heteroatoms. The molecule has 0 aliphatic carbocycles. The van der Waals surface area contributed by atoms with Gasteiger partial charge in [-0.05, 0) is 13.8 Å². The van der Waals surface area contributed by atoms with Gasteiger partial charge in [0.25, 0.3) is 5.78 Å². The molecule has 0 radical (unpaired) electrons. The zero-order chi connectivity index (χ0) is 11.8. The Kier molecular flexibility index (Phi) is 6.83. The summed E-state index contributed by atoms with van der Waals surface area (Å²) in [7, 11) is 1.73. The molecule has 86 valence electrons. The van der Waals surface area contributed by atoms with Crippen LogP contribution in [0.3, 0.4) is 0 Å². The summed E-state index contributed by atoms with van der Waals surface area (Å²) in [6.45, 7) is 3.27. The molecule has 0 aliphatic heterocycles. The van der Waals surface area contributed by atoms with Crippen molar-refractivity contribution in [2.24, 2.45) is 0 Å². The van der Waals surface area contributed by atoms with Crippen LogP contribution in [0, 0.1) is 0 Å². The molecule has 0 aromatic carbocycles. The summed E-state index contributed by atoms with van der Waals surface area (Å²) in [6.07, 6.45) is -1.58. The summed E-state index contributed by atoms with van der Waals surface area (Å²) < 4.78 is 13.5. The molecule has 2 atom stereocenters. The summed E-state index contributed by atoms with van der Waals surface area (Å²) >= 11 is 0. The Bertz CT molecular complexity index is 252. The predicted molar refractivity (Wildman–Crippen MR) is 52.9 cm³/mol. The Morgan fingerprint density at radius 1 is 1.13 bits per heavy atom. The lowest BCUT2D eigenvalue weighted by Gasteiger charge is -2.11. The second-order valence-corrected chi connectivity index (χ2v) is 2.63. The number of hydrogen-bond donors (Lipinski definition) is 0. The van der Waals surface area contributed by atoms with E-state index < -0.39 is 23.8 Å². The number of ether oxygens (including phenoxy) is 2. The van der Waals surface area contributed by atoms with Crippen molar-refractivity contribution in [3.05, 3.63) is 0 Å². The summed E-state index contributed by atoms with van der Waals surface area (Å²) in [5, 5.41) is 0. The van der Waals surface area contributed by atoms with Crippen molar-refractivity contribution >= 4 is 27.2 Å². The van der Waals surface area contributed by atoms with Gasteiger partial charge in [0, 0.05) is 9.47 Å². The molecule has 2 unspecified atom stereocenters. The highest BCUT2D eigenvalue weighted by atomic mass is 31.0. The van der Waals surface area contributed by atoms with Crippen molar-refractivity contribution in [1.82, 2.24) is 0 Å². The number of rotatable bonds is 6. The first kappa shape index (κ1) is 14.0. The fourth-order valence-electron chi connectivity index (χ4n) is 0.752.